The number of furan rings is 1. The SMILES string of the molecule is CCOC(=O)c1ccc(NC(=O)C(=O)NCc2ccc(/C=N\NC(=O)c3ccccc3)o2)cc1. The van der Waals surface area contributed by atoms with Crippen LogP contribution in [0.2, 0.25) is 0 Å². The summed E-state index contributed by atoms with van der Waals surface area (Å²) in [6.45, 7) is 1.93. The molecule has 10 heteroatoms. The Morgan fingerprint density at radius 2 is 1.65 bits per heavy atom. The van der Waals surface area contributed by atoms with E-state index in [4.69, 9.17) is 9.15 Å². The third-order valence-corrected chi connectivity index (χ3v) is 4.36. The van der Waals surface area contributed by atoms with Crippen LogP contribution in [-0.2, 0) is 20.9 Å². The Kier molecular flexibility index (Phi) is 8.28. The molecule has 0 saturated heterocycles. The number of esters is 1. The molecule has 3 amide bonds. The van der Waals surface area contributed by atoms with Gasteiger partial charge in [0.1, 0.15) is 11.5 Å². The molecule has 10 nitrogen and oxygen atoms in total. The van der Waals surface area contributed by atoms with Crippen LogP contribution in [0.25, 0.3) is 0 Å². The van der Waals surface area contributed by atoms with Gasteiger partial charge in [-0.05, 0) is 55.5 Å². The number of carbonyl (C=O) groups is 4. The van der Waals surface area contributed by atoms with E-state index in [9.17, 15) is 19.2 Å². The van der Waals surface area contributed by atoms with Crippen LogP contribution in [0, 0.1) is 0 Å². The van der Waals surface area contributed by atoms with Gasteiger partial charge in [-0.2, -0.15) is 5.10 Å². The van der Waals surface area contributed by atoms with Gasteiger partial charge in [-0.3, -0.25) is 14.4 Å². The van der Waals surface area contributed by atoms with Gasteiger partial charge in [0.2, 0.25) is 0 Å². The van der Waals surface area contributed by atoms with Crippen LogP contribution in [0.4, 0.5) is 5.69 Å². The molecule has 34 heavy (non-hydrogen) atoms. The van der Waals surface area contributed by atoms with Crippen molar-refractivity contribution in [3.63, 3.8) is 0 Å². The summed E-state index contributed by atoms with van der Waals surface area (Å²) in [5, 5.41) is 8.71. The average Bonchev–Trinajstić information content (AvgIpc) is 3.31. The monoisotopic (exact) mass is 462 g/mol. The minimum absolute atomic E-state index is 0.0295. The van der Waals surface area contributed by atoms with Gasteiger partial charge in [0.25, 0.3) is 5.91 Å². The summed E-state index contributed by atoms with van der Waals surface area (Å²) >= 11 is 0. The average molecular weight is 462 g/mol. The lowest BCUT2D eigenvalue weighted by Gasteiger charge is -2.06. The highest BCUT2D eigenvalue weighted by molar-refractivity contribution is 6.39. The molecule has 2 aromatic carbocycles. The van der Waals surface area contributed by atoms with Gasteiger partial charge in [-0.15, -0.1) is 0 Å². The molecule has 0 unspecified atom stereocenters. The molecule has 0 bridgehead atoms. The van der Waals surface area contributed by atoms with Crippen molar-refractivity contribution >= 4 is 35.6 Å². The largest absolute Gasteiger partial charge is 0.462 e. The number of nitrogens with one attached hydrogen (secondary N) is 3. The van der Waals surface area contributed by atoms with Crippen LogP contribution >= 0.6 is 0 Å². The number of hydrogen-bond acceptors (Lipinski definition) is 7. The first kappa shape index (κ1) is 23.9. The summed E-state index contributed by atoms with van der Waals surface area (Å²) in [5.41, 5.74) is 3.53. The quantitative estimate of drug-likeness (QED) is 0.203. The molecular formula is C24H22N4O6. The minimum atomic E-state index is -0.874. The Morgan fingerprint density at radius 3 is 2.35 bits per heavy atom. The molecule has 0 aliphatic heterocycles. The summed E-state index contributed by atoms with van der Waals surface area (Å²) in [7, 11) is 0. The lowest BCUT2D eigenvalue weighted by molar-refractivity contribution is -0.136. The maximum absolute atomic E-state index is 12.1. The first-order valence-electron chi connectivity index (χ1n) is 10.3. The van der Waals surface area contributed by atoms with Crippen molar-refractivity contribution in [1.29, 1.82) is 0 Å². The topological polar surface area (TPSA) is 139 Å². The number of amides is 3. The van der Waals surface area contributed by atoms with E-state index in [1.54, 1.807) is 49.4 Å². The van der Waals surface area contributed by atoms with E-state index in [2.05, 4.69) is 21.2 Å². The zero-order chi connectivity index (χ0) is 24.3. The standard InChI is InChI=1S/C24H22N4O6/c1-2-33-24(32)17-8-10-18(11-9-17)27-23(31)22(30)25-14-19-12-13-20(34-19)15-26-28-21(29)16-6-4-3-5-7-16/h3-13,15H,2,14H2,1H3,(H,25,30)(H,27,31)(H,28,29)/b26-15-. The molecule has 174 valence electrons. The van der Waals surface area contributed by atoms with Gasteiger partial charge < -0.3 is 19.8 Å². The molecule has 0 atom stereocenters. The van der Waals surface area contributed by atoms with Crippen LogP contribution < -0.4 is 16.1 Å². The van der Waals surface area contributed by atoms with Crippen molar-refractivity contribution < 1.29 is 28.3 Å². The number of carbonyl (C=O) groups excluding carboxylic acids is 4. The number of ether oxygens (including phenoxy) is 1. The lowest BCUT2D eigenvalue weighted by Crippen LogP contribution is -2.34. The first-order valence-corrected chi connectivity index (χ1v) is 10.3. The van der Waals surface area contributed by atoms with Gasteiger partial charge in [0.05, 0.1) is 24.9 Å². The summed E-state index contributed by atoms with van der Waals surface area (Å²) in [4.78, 5) is 47.7. The summed E-state index contributed by atoms with van der Waals surface area (Å²) < 4.78 is 10.4. The fraction of sp³-hybridized carbons (Fsp3) is 0.125. The molecule has 3 aromatic rings. The van der Waals surface area contributed by atoms with E-state index >= 15 is 0 Å². The molecule has 0 saturated carbocycles. The normalized spacial score (nSPS) is 10.5. The van der Waals surface area contributed by atoms with E-state index in [0.717, 1.165) is 0 Å². The van der Waals surface area contributed by atoms with Gasteiger partial charge >= 0.3 is 17.8 Å². The Hall–Kier alpha value is -4.73. The Bertz CT molecular complexity index is 1190. The predicted molar refractivity (Wildman–Crippen MR) is 123 cm³/mol. The number of nitrogens with zero attached hydrogens (tertiary/aromatic N) is 1. The third kappa shape index (κ3) is 6.89. The molecule has 0 aliphatic rings. The van der Waals surface area contributed by atoms with Crippen molar-refractivity contribution in [2.75, 3.05) is 11.9 Å². The molecule has 3 rings (SSSR count). The van der Waals surface area contributed by atoms with Crippen LogP contribution in [0.5, 0.6) is 0 Å². The molecule has 0 spiro atoms. The Labute approximate surface area is 195 Å². The highest BCUT2D eigenvalue weighted by atomic mass is 16.5. The fourth-order valence-corrected chi connectivity index (χ4v) is 2.71. The number of hydrogen-bond donors (Lipinski definition) is 3. The summed E-state index contributed by atoms with van der Waals surface area (Å²) in [5.74, 6) is -1.84. The first-order chi connectivity index (χ1) is 16.5. The summed E-state index contributed by atoms with van der Waals surface area (Å²) in [6.07, 6.45) is 1.32. The number of rotatable bonds is 8. The van der Waals surface area contributed by atoms with Gasteiger partial charge in [0, 0.05) is 11.3 Å². The summed E-state index contributed by atoms with van der Waals surface area (Å²) in [6, 6.07) is 17.8. The number of anilines is 1. The van der Waals surface area contributed by atoms with E-state index < -0.39 is 17.8 Å². The van der Waals surface area contributed by atoms with Gasteiger partial charge in [-0.1, -0.05) is 18.2 Å². The second-order valence-electron chi connectivity index (χ2n) is 6.80. The molecule has 0 radical (unpaired) electrons. The lowest BCUT2D eigenvalue weighted by atomic mass is 10.2. The minimum Gasteiger partial charge on any atom is -0.462 e. The molecule has 0 aliphatic carbocycles. The van der Waals surface area contributed by atoms with E-state index in [-0.39, 0.29) is 19.1 Å². The maximum Gasteiger partial charge on any atom is 0.338 e. The molecule has 1 heterocycles. The zero-order valence-corrected chi connectivity index (χ0v) is 18.2. The second-order valence-corrected chi connectivity index (χ2v) is 6.80. The van der Waals surface area contributed by atoms with Crippen LogP contribution in [-0.4, -0.2) is 36.5 Å². The van der Waals surface area contributed by atoms with Crippen LogP contribution in [0.15, 0.2) is 76.2 Å². The van der Waals surface area contributed by atoms with Crippen molar-refractivity contribution in [2.45, 2.75) is 13.5 Å². The van der Waals surface area contributed by atoms with Gasteiger partial charge in [0.15, 0.2) is 0 Å². The van der Waals surface area contributed by atoms with Crippen molar-refractivity contribution in [3.05, 3.63) is 89.4 Å². The van der Waals surface area contributed by atoms with Gasteiger partial charge in [-0.25, -0.2) is 10.2 Å². The van der Waals surface area contributed by atoms with Crippen molar-refractivity contribution in [3.8, 4) is 0 Å². The van der Waals surface area contributed by atoms with Crippen LogP contribution in [0.1, 0.15) is 39.2 Å². The van der Waals surface area contributed by atoms with Crippen LogP contribution in [0.3, 0.4) is 0 Å². The van der Waals surface area contributed by atoms with E-state index in [0.29, 0.717) is 28.3 Å². The zero-order valence-electron chi connectivity index (χ0n) is 18.2. The highest BCUT2D eigenvalue weighted by Gasteiger charge is 2.15. The Balaban J connectivity index is 1.44. The predicted octanol–water partition coefficient (Wildman–Crippen LogP) is 2.48. The molecular weight excluding hydrogens is 440 g/mol. The fourth-order valence-electron chi connectivity index (χ4n) is 2.71. The number of benzene rings is 2. The number of hydrazone groups is 1. The molecule has 3 N–H and O–H groups in total. The third-order valence-electron chi connectivity index (χ3n) is 4.36. The Morgan fingerprint density at radius 1 is 0.912 bits per heavy atom. The molecule has 0 fully saturated rings. The van der Waals surface area contributed by atoms with E-state index in [1.165, 1.54) is 30.5 Å². The highest BCUT2D eigenvalue weighted by Crippen LogP contribution is 2.11. The van der Waals surface area contributed by atoms with Crippen molar-refractivity contribution in [1.82, 2.24) is 10.7 Å². The smallest absolute Gasteiger partial charge is 0.338 e. The van der Waals surface area contributed by atoms with Crippen molar-refractivity contribution in [2.24, 2.45) is 5.10 Å². The maximum atomic E-state index is 12.1. The molecule has 1 aromatic heterocycles. The van der Waals surface area contributed by atoms with E-state index in [1.807, 2.05) is 0 Å². The second kappa shape index (κ2) is 11.8.